The molecule has 115 heavy (non-hydrogen) atoms. The molecule has 5 N–H and O–H groups in total. The molecule has 0 aromatic heterocycles. The summed E-state index contributed by atoms with van der Waals surface area (Å²) in [5.74, 6) is -5.27. The summed E-state index contributed by atoms with van der Waals surface area (Å²) < 4.78 is 0. The quantitative estimate of drug-likeness (QED) is 0.0619. The zero-order valence-corrected chi connectivity index (χ0v) is 61.4. The second-order valence-electron chi connectivity index (χ2n) is 34.3. The van der Waals surface area contributed by atoms with Gasteiger partial charge in [-0.15, -0.1) is 0 Å². The second-order valence-corrected chi connectivity index (χ2v) is 34.3. The van der Waals surface area contributed by atoms with Crippen LogP contribution in [0, 0.1) is 29.6 Å². The number of hydrogen-bond donors (Lipinski definition) is 5. The monoisotopic (exact) mass is 1480 g/mol. The molecule has 3 fully saturated rings. The lowest BCUT2D eigenvalue weighted by molar-refractivity contribution is 0.0335. The highest BCUT2D eigenvalue weighted by Crippen LogP contribution is 2.90. The van der Waals surface area contributed by atoms with E-state index in [4.69, 9.17) is 0 Å². The van der Waals surface area contributed by atoms with Gasteiger partial charge in [-0.3, -0.25) is 0 Å². The summed E-state index contributed by atoms with van der Waals surface area (Å²) in [4.78, 5) is 62.0. The molecule has 10 heteroatoms. The maximum Gasteiger partial charge on any atom is 0.335 e. The van der Waals surface area contributed by atoms with Crippen LogP contribution in [0.3, 0.4) is 0 Å². The molecule has 544 valence electrons. The first-order chi connectivity index (χ1) is 56.2. The average Bonchev–Trinajstić information content (AvgIpc) is 1.41. The molecule has 8 aliphatic rings. The first kappa shape index (κ1) is 63.8. The van der Waals surface area contributed by atoms with E-state index in [1.54, 1.807) is 60.7 Å². The van der Waals surface area contributed by atoms with Crippen molar-refractivity contribution in [2.45, 2.75) is 52.8 Å². The summed E-state index contributed by atoms with van der Waals surface area (Å²) in [6.07, 6.45) is 1.66. The molecular formula is C105H64O10. The highest BCUT2D eigenvalue weighted by atomic mass is 16.4. The van der Waals surface area contributed by atoms with E-state index in [0.717, 1.165) is 68.5 Å². The number of hydrogen-bond acceptors (Lipinski definition) is 5. The molecule has 10 atom stereocenters. The predicted octanol–water partition coefficient (Wildman–Crippen LogP) is 23.2. The fourth-order valence-electron chi connectivity index (χ4n) is 26.9. The van der Waals surface area contributed by atoms with Gasteiger partial charge in [-0.2, -0.15) is 0 Å². The van der Waals surface area contributed by atoms with Crippen LogP contribution in [0.4, 0.5) is 0 Å². The fraction of sp³-hybridized carbons (Fsp3) is 0.133. The van der Waals surface area contributed by atoms with Gasteiger partial charge in [0.2, 0.25) is 0 Å². The number of carboxylic acid groups (broad SMARTS) is 5. The number of rotatable bonds is 15. The molecule has 26 rings (SSSR count). The lowest BCUT2D eigenvalue weighted by atomic mass is 9.36. The van der Waals surface area contributed by atoms with Gasteiger partial charge in [0.25, 0.3) is 0 Å². The Morgan fingerprint density at radius 3 is 0.757 bits per heavy atom. The Kier molecular flexibility index (Phi) is 11.9. The van der Waals surface area contributed by atoms with Crippen LogP contribution in [-0.4, -0.2) is 55.4 Å². The van der Waals surface area contributed by atoms with Crippen LogP contribution in [0.15, 0.2) is 279 Å². The van der Waals surface area contributed by atoms with E-state index in [1.165, 1.54) is 137 Å². The van der Waals surface area contributed by atoms with Crippen LogP contribution in [-0.2, 0) is 16.2 Å². The number of aromatic carboxylic acids is 5. The van der Waals surface area contributed by atoms with Gasteiger partial charge in [0, 0.05) is 10.8 Å². The molecule has 0 heterocycles. The van der Waals surface area contributed by atoms with E-state index in [2.05, 4.69) is 158 Å². The van der Waals surface area contributed by atoms with Crippen molar-refractivity contribution < 1.29 is 49.5 Å². The Balaban J connectivity index is 0.833. The van der Waals surface area contributed by atoms with Crippen molar-refractivity contribution in [2.24, 2.45) is 29.6 Å². The van der Waals surface area contributed by atoms with E-state index in [-0.39, 0.29) is 81.1 Å². The standard InChI is InChI=1S/C105H64O10/c106-98(107)61-19-5-51(6-20-61)49-1-15-59(16-2-49)75-47-77-73-45-43-71-69-41-42-70-72-44-46-74-78-48-76(60-17-3-50(4-18-60)52-7-21-62(22-8-52)99(108)109)86-85(75)93-97-94(86)104(78,67-37-31-57(32-38-67)54-11-25-64(26-12-54)101(112)113)92-84(74)82(72)88-80(70)79(69)87-81(71)83(73)91(103(77,93)66-35-29-56(30-36-66)53-9-23-63(24-10-53)100(110)111)95-89(87)90(88)96(92)105(95,97)68-39-33-58(34-40-68)55-13-27-65(28-14-55)102(114)115/h1-46,75-78,85-86,93-94,97H,47-48H2,(H,106,107)(H,108,109)(H,110,111)(H,112,113)(H,114,115). The number of benzene rings is 16. The third kappa shape index (κ3) is 7.40. The Labute approximate surface area is 656 Å². The van der Waals surface area contributed by atoms with Gasteiger partial charge in [-0.1, -0.05) is 218 Å². The van der Waals surface area contributed by atoms with Crippen molar-refractivity contribution in [3.8, 4) is 55.6 Å². The van der Waals surface area contributed by atoms with Crippen molar-refractivity contribution in [1.29, 1.82) is 0 Å². The summed E-state index contributed by atoms with van der Waals surface area (Å²) >= 11 is 0. The molecule has 8 aliphatic carbocycles. The minimum Gasteiger partial charge on any atom is -0.478 e. The van der Waals surface area contributed by atoms with Gasteiger partial charge in [-0.05, 0) is 319 Å². The van der Waals surface area contributed by atoms with Crippen molar-refractivity contribution in [2.75, 3.05) is 0 Å². The van der Waals surface area contributed by atoms with E-state index in [0.29, 0.717) is 0 Å². The van der Waals surface area contributed by atoms with Crippen LogP contribution in [0.5, 0.6) is 0 Å². The maximum atomic E-state index is 12.5. The normalized spacial score (nSPS) is 24.3. The lowest BCUT2D eigenvalue weighted by Gasteiger charge is -2.65. The highest BCUT2D eigenvalue weighted by molar-refractivity contribution is 6.54. The zero-order valence-electron chi connectivity index (χ0n) is 61.4. The smallest absolute Gasteiger partial charge is 0.335 e. The summed E-state index contributed by atoms with van der Waals surface area (Å²) in [6, 6.07) is 98.9. The zero-order chi connectivity index (χ0) is 76.6. The number of carbonyl (C=O) groups is 5. The molecule has 0 spiro atoms. The van der Waals surface area contributed by atoms with Gasteiger partial charge in [-0.25, -0.2) is 24.0 Å². The summed E-state index contributed by atoms with van der Waals surface area (Å²) in [5.41, 5.74) is 23.8. The van der Waals surface area contributed by atoms with E-state index >= 15 is 0 Å². The summed E-state index contributed by atoms with van der Waals surface area (Å²) in [6.45, 7) is 0. The van der Waals surface area contributed by atoms with Crippen LogP contribution in [0.25, 0.3) is 131 Å². The van der Waals surface area contributed by atoms with Crippen LogP contribution in [0.2, 0.25) is 0 Å². The van der Waals surface area contributed by atoms with E-state index in [9.17, 15) is 49.5 Å². The molecule has 0 radical (unpaired) electrons. The molecule has 0 saturated heterocycles. The van der Waals surface area contributed by atoms with Gasteiger partial charge < -0.3 is 25.5 Å². The largest absolute Gasteiger partial charge is 0.478 e. The van der Waals surface area contributed by atoms with Gasteiger partial charge in [0.05, 0.1) is 33.2 Å². The predicted molar refractivity (Wildman–Crippen MR) is 447 cm³/mol. The third-order valence-electron chi connectivity index (χ3n) is 30.6. The molecule has 0 aliphatic heterocycles. The van der Waals surface area contributed by atoms with Crippen molar-refractivity contribution in [1.82, 2.24) is 0 Å². The van der Waals surface area contributed by atoms with Crippen LogP contribution >= 0.6 is 0 Å². The van der Waals surface area contributed by atoms with Crippen molar-refractivity contribution in [3.63, 3.8) is 0 Å². The van der Waals surface area contributed by atoms with Crippen molar-refractivity contribution in [3.05, 3.63) is 368 Å². The minimum atomic E-state index is -0.974. The van der Waals surface area contributed by atoms with Crippen LogP contribution < -0.4 is 0 Å². The highest BCUT2D eigenvalue weighted by Gasteiger charge is 2.84. The molecule has 10 unspecified atom stereocenters. The number of carboxylic acids is 5. The Bertz CT molecular complexity index is 7030. The Hall–Kier alpha value is -13.8. The van der Waals surface area contributed by atoms with Gasteiger partial charge in [0.1, 0.15) is 0 Å². The van der Waals surface area contributed by atoms with Gasteiger partial charge >= 0.3 is 29.8 Å². The Morgan fingerprint density at radius 1 is 0.235 bits per heavy atom. The summed E-state index contributed by atoms with van der Waals surface area (Å²) in [5, 5.41) is 69.8. The third-order valence-corrected chi connectivity index (χ3v) is 30.6. The fourth-order valence-corrected chi connectivity index (χ4v) is 26.9. The van der Waals surface area contributed by atoms with Crippen LogP contribution in [0.1, 0.15) is 150 Å². The molecule has 0 amide bonds. The van der Waals surface area contributed by atoms with Crippen molar-refractivity contribution >= 4 is 105 Å². The molecule has 3 saturated carbocycles. The topological polar surface area (TPSA) is 186 Å². The molecule has 18 aromatic rings. The minimum absolute atomic E-state index is 0.0128. The Morgan fingerprint density at radius 2 is 0.478 bits per heavy atom. The van der Waals surface area contributed by atoms with E-state index < -0.39 is 46.1 Å². The summed E-state index contributed by atoms with van der Waals surface area (Å²) in [7, 11) is 0. The molecular weight excluding hydrogens is 1420 g/mol. The molecule has 18 aromatic carbocycles. The second kappa shape index (κ2) is 21.5. The SMILES string of the molecule is O=C(O)c1ccc(-c2ccc(C3CC4c5ccc6c7ccc8c9ccc%10c%11c%12c%13c%14c%15c%16c(c5c6c%15c7c8c%14c%119)C4(c4ccc(-c5ccc(C(=O)O)cc5)cc4)C4C3C3C(c5ccc(-c6ccc(C(=O)O)cc6)cc5)CC%10C%12(c5ccc(-c6ccc(C(=O)O)cc6)cc5)C3C4C%16%13c3ccc(-c4ccc(C(=O)O)cc4)cc3)cc2)cc1. The van der Waals surface area contributed by atoms with Gasteiger partial charge in [0.15, 0.2) is 0 Å². The maximum absolute atomic E-state index is 12.5. The first-order valence-corrected chi connectivity index (χ1v) is 39.9. The number of fused-ring (bicyclic) bond motifs is 5. The molecule has 0 bridgehead atoms. The lowest BCUT2D eigenvalue weighted by Crippen LogP contribution is -2.63. The first-order valence-electron chi connectivity index (χ1n) is 39.9. The average molecular weight is 1490 g/mol. The molecule has 10 nitrogen and oxygen atoms in total. The van der Waals surface area contributed by atoms with E-state index in [1.807, 2.05) is 60.7 Å².